The Balaban J connectivity index is 1.24. The lowest BCUT2D eigenvalue weighted by Gasteiger charge is -2.15. The van der Waals surface area contributed by atoms with Gasteiger partial charge in [-0.2, -0.15) is 0 Å². The van der Waals surface area contributed by atoms with Crippen LogP contribution in [-0.2, 0) is 24.4 Å². The molecule has 0 aliphatic carbocycles. The van der Waals surface area contributed by atoms with Crippen LogP contribution in [0.2, 0.25) is 0 Å². The summed E-state index contributed by atoms with van der Waals surface area (Å²) in [4.78, 5) is 31.6. The van der Waals surface area contributed by atoms with Crippen LogP contribution in [-0.4, -0.2) is 42.1 Å². The average molecular weight is 484 g/mol. The van der Waals surface area contributed by atoms with E-state index in [-0.39, 0.29) is 24.6 Å². The Morgan fingerprint density at radius 3 is 2.61 bits per heavy atom. The summed E-state index contributed by atoms with van der Waals surface area (Å²) in [5, 5.41) is 14.6. The van der Waals surface area contributed by atoms with E-state index in [2.05, 4.69) is 25.8 Å². The molecule has 1 aliphatic rings. The van der Waals surface area contributed by atoms with Gasteiger partial charge in [0.1, 0.15) is 18.1 Å². The highest BCUT2D eigenvalue weighted by molar-refractivity contribution is 6.04. The number of rotatable bonds is 6. The number of amides is 2. The number of carbonyl (C=O) groups is 2. The molecule has 10 nitrogen and oxygen atoms in total. The lowest BCUT2D eigenvalue weighted by molar-refractivity contribution is 0.0955. The number of nitrogens with one attached hydrogen (secondary N) is 1. The van der Waals surface area contributed by atoms with Gasteiger partial charge in [0.15, 0.2) is 0 Å². The van der Waals surface area contributed by atoms with Crippen molar-refractivity contribution in [2.45, 2.75) is 39.6 Å². The zero-order valence-electron chi connectivity index (χ0n) is 20.0. The number of pyridine rings is 1. The topological polar surface area (TPSA) is 115 Å². The molecule has 0 radical (unpaired) electrons. The molecule has 2 aromatic carbocycles. The summed E-state index contributed by atoms with van der Waals surface area (Å²) in [7, 11) is 0. The van der Waals surface area contributed by atoms with Crippen LogP contribution in [0.4, 0.5) is 10.6 Å². The van der Waals surface area contributed by atoms with Crippen molar-refractivity contribution in [1.29, 1.82) is 0 Å². The van der Waals surface area contributed by atoms with Gasteiger partial charge in [-0.05, 0) is 65.2 Å². The van der Waals surface area contributed by atoms with Crippen LogP contribution in [0.25, 0.3) is 11.5 Å². The molecular weight excluding hydrogens is 458 g/mol. The number of fused-ring (bicyclic) bond motifs is 1. The third kappa shape index (κ3) is 4.92. The monoisotopic (exact) mass is 483 g/mol. The molecular formula is C26H25N7O3. The number of hydrogen-bond donors (Lipinski definition) is 1. The predicted octanol–water partition coefficient (Wildman–Crippen LogP) is 4.22. The Kier molecular flexibility index (Phi) is 6.40. The normalized spacial score (nSPS) is 12.5. The van der Waals surface area contributed by atoms with Crippen LogP contribution in [0.1, 0.15) is 46.9 Å². The second kappa shape index (κ2) is 9.95. The van der Waals surface area contributed by atoms with E-state index in [9.17, 15) is 9.59 Å². The van der Waals surface area contributed by atoms with Gasteiger partial charge in [-0.25, -0.2) is 14.5 Å². The molecule has 0 unspecified atom stereocenters. The number of ether oxygens (including phenoxy) is 1. The zero-order chi connectivity index (χ0) is 25.1. The Morgan fingerprint density at radius 2 is 1.81 bits per heavy atom. The summed E-state index contributed by atoms with van der Waals surface area (Å²) in [6.45, 7) is 5.00. The molecule has 182 valence electrons. The Morgan fingerprint density at radius 1 is 1.00 bits per heavy atom. The second-order valence-electron chi connectivity index (χ2n) is 8.78. The van der Waals surface area contributed by atoms with Crippen molar-refractivity contribution in [1.82, 2.24) is 30.1 Å². The summed E-state index contributed by atoms with van der Waals surface area (Å²) in [5.74, 6) is 0.622. The van der Waals surface area contributed by atoms with E-state index in [4.69, 9.17) is 4.74 Å². The van der Waals surface area contributed by atoms with Gasteiger partial charge >= 0.3 is 6.09 Å². The second-order valence-corrected chi connectivity index (χ2v) is 8.78. The van der Waals surface area contributed by atoms with Crippen LogP contribution in [0, 0.1) is 0 Å². The minimum Gasteiger partial charge on any atom is -0.445 e. The molecule has 3 heterocycles. The van der Waals surface area contributed by atoms with Crippen LogP contribution < -0.4 is 5.32 Å². The number of nitrogens with zero attached hydrogens (tertiary/aromatic N) is 6. The molecule has 0 atom stereocenters. The summed E-state index contributed by atoms with van der Waals surface area (Å²) in [5.41, 5.74) is 3.87. The van der Waals surface area contributed by atoms with E-state index >= 15 is 0 Å². The largest absolute Gasteiger partial charge is 0.445 e. The van der Waals surface area contributed by atoms with Crippen LogP contribution in [0.3, 0.4) is 0 Å². The molecule has 2 aromatic heterocycles. The number of aromatic nitrogens is 5. The molecule has 0 saturated carbocycles. The van der Waals surface area contributed by atoms with Gasteiger partial charge in [0.25, 0.3) is 5.91 Å². The van der Waals surface area contributed by atoms with E-state index < -0.39 is 0 Å². The fourth-order valence-corrected chi connectivity index (χ4v) is 4.00. The van der Waals surface area contributed by atoms with E-state index in [1.54, 1.807) is 39.9 Å². The van der Waals surface area contributed by atoms with Gasteiger partial charge in [0, 0.05) is 18.7 Å². The van der Waals surface area contributed by atoms with Gasteiger partial charge in [-0.3, -0.25) is 9.69 Å². The van der Waals surface area contributed by atoms with Crippen molar-refractivity contribution in [2.24, 2.45) is 0 Å². The highest BCUT2D eigenvalue weighted by atomic mass is 16.6. The van der Waals surface area contributed by atoms with Crippen LogP contribution in [0.15, 0.2) is 66.7 Å². The van der Waals surface area contributed by atoms with Gasteiger partial charge in [-0.15, -0.1) is 5.10 Å². The van der Waals surface area contributed by atoms with Crippen LogP contribution in [0.5, 0.6) is 0 Å². The summed E-state index contributed by atoms with van der Waals surface area (Å²) < 4.78 is 7.12. The molecule has 0 spiro atoms. The molecule has 4 aromatic rings. The molecule has 5 rings (SSSR count). The molecule has 0 saturated heterocycles. The highest BCUT2D eigenvalue weighted by Gasteiger charge is 2.25. The van der Waals surface area contributed by atoms with Crippen molar-refractivity contribution < 1.29 is 14.3 Å². The minimum absolute atomic E-state index is 0.0663. The van der Waals surface area contributed by atoms with Gasteiger partial charge in [-0.1, -0.05) is 42.5 Å². The Bertz CT molecular complexity index is 1400. The molecule has 10 heteroatoms. The van der Waals surface area contributed by atoms with Crippen molar-refractivity contribution in [3.63, 3.8) is 0 Å². The molecule has 0 fully saturated rings. The third-order valence-electron chi connectivity index (χ3n) is 5.86. The number of tetrazole rings is 1. The summed E-state index contributed by atoms with van der Waals surface area (Å²) >= 11 is 0. The van der Waals surface area contributed by atoms with Crippen molar-refractivity contribution in [3.8, 4) is 11.5 Å². The Hall–Kier alpha value is -4.60. The van der Waals surface area contributed by atoms with E-state index in [0.29, 0.717) is 36.0 Å². The maximum Gasteiger partial charge on any atom is 0.410 e. The first-order valence-corrected chi connectivity index (χ1v) is 11.6. The van der Waals surface area contributed by atoms with Crippen molar-refractivity contribution in [2.75, 3.05) is 5.32 Å². The SMILES string of the molecule is CC(C)n1nnnc1-c1cccc(NC(=O)c2ccc3c(c2)CN(C(=O)OCc2ccccc2)C3)n1. The number of carbonyl (C=O) groups excluding carboxylic acids is 2. The first kappa shape index (κ1) is 23.2. The van der Waals surface area contributed by atoms with E-state index in [0.717, 1.165) is 16.7 Å². The van der Waals surface area contributed by atoms with Gasteiger partial charge < -0.3 is 10.1 Å². The van der Waals surface area contributed by atoms with E-state index in [1.807, 2.05) is 50.2 Å². The Labute approximate surface area is 207 Å². The standard InChI is InChI=1S/C26H25N7O3/c1-17(2)33-24(29-30-31-33)22-9-6-10-23(27-22)28-25(34)19-11-12-20-14-32(15-21(20)13-19)26(35)36-16-18-7-4-3-5-8-18/h3-13,17H,14-16H2,1-2H3,(H,27,28,34). The summed E-state index contributed by atoms with van der Waals surface area (Å²) in [6, 6.07) is 20.3. The lowest BCUT2D eigenvalue weighted by atomic mass is 10.1. The maximum atomic E-state index is 13.0. The van der Waals surface area contributed by atoms with Gasteiger partial charge in [0.2, 0.25) is 5.82 Å². The summed E-state index contributed by atoms with van der Waals surface area (Å²) in [6.07, 6.45) is -0.384. The maximum absolute atomic E-state index is 13.0. The van der Waals surface area contributed by atoms with Gasteiger partial charge in [0.05, 0.1) is 6.04 Å². The van der Waals surface area contributed by atoms with Crippen LogP contribution >= 0.6 is 0 Å². The molecule has 0 bridgehead atoms. The quantitative estimate of drug-likeness (QED) is 0.437. The predicted molar refractivity (Wildman–Crippen MR) is 132 cm³/mol. The fourth-order valence-electron chi connectivity index (χ4n) is 4.00. The zero-order valence-corrected chi connectivity index (χ0v) is 20.0. The molecule has 1 N–H and O–H groups in total. The molecule has 36 heavy (non-hydrogen) atoms. The fraction of sp³-hybridized carbons (Fsp3) is 0.231. The minimum atomic E-state index is -0.384. The number of hydrogen-bond acceptors (Lipinski definition) is 7. The van der Waals surface area contributed by atoms with Crippen molar-refractivity contribution in [3.05, 3.63) is 89.0 Å². The highest BCUT2D eigenvalue weighted by Crippen LogP contribution is 2.25. The number of benzene rings is 2. The first-order chi connectivity index (χ1) is 17.5. The molecule has 2 amide bonds. The van der Waals surface area contributed by atoms with Crippen molar-refractivity contribution >= 4 is 17.8 Å². The average Bonchev–Trinajstić information content (AvgIpc) is 3.55. The van der Waals surface area contributed by atoms with E-state index in [1.165, 1.54) is 0 Å². The smallest absolute Gasteiger partial charge is 0.410 e. The number of anilines is 1. The first-order valence-electron chi connectivity index (χ1n) is 11.6. The molecule has 1 aliphatic heterocycles. The lowest BCUT2D eigenvalue weighted by Crippen LogP contribution is -2.26. The third-order valence-corrected chi connectivity index (χ3v) is 5.86.